The Hall–Kier alpha value is -0.530. The van der Waals surface area contributed by atoms with Crippen molar-refractivity contribution in [3.8, 4) is 0 Å². The van der Waals surface area contributed by atoms with E-state index < -0.39 is 5.97 Å². The fraction of sp³-hybridized carbons (Fsp3) is 0.750. The van der Waals surface area contributed by atoms with E-state index in [1.165, 1.54) is 0 Å². The molecule has 0 saturated heterocycles. The molecule has 0 spiro atoms. The van der Waals surface area contributed by atoms with Crippen molar-refractivity contribution in [3.63, 3.8) is 0 Å². The van der Waals surface area contributed by atoms with Crippen LogP contribution in [0.2, 0.25) is 0 Å². The van der Waals surface area contributed by atoms with Crippen LogP contribution in [0.3, 0.4) is 0 Å². The van der Waals surface area contributed by atoms with Crippen molar-refractivity contribution in [3.05, 3.63) is 0 Å². The van der Waals surface area contributed by atoms with Crippen LogP contribution >= 0.6 is 0 Å². The largest absolute Gasteiger partial charge is 0.481 e. The summed E-state index contributed by atoms with van der Waals surface area (Å²) < 4.78 is 0. The summed E-state index contributed by atoms with van der Waals surface area (Å²) in [5.74, 6) is -0.711. The molecule has 0 aromatic carbocycles. The van der Waals surface area contributed by atoms with Gasteiger partial charge in [-0.25, -0.2) is 0 Å². The van der Waals surface area contributed by atoms with Crippen LogP contribution in [0.15, 0.2) is 0 Å². The van der Waals surface area contributed by atoms with Crippen molar-refractivity contribution in [1.29, 1.82) is 0 Å². The van der Waals surface area contributed by atoms with E-state index in [1.54, 1.807) is 0 Å². The Labute approximate surface area is 36.8 Å². The molecule has 0 rings (SSSR count). The lowest BCUT2D eigenvalue weighted by molar-refractivity contribution is -0.137. The predicted octanol–water partition coefficient (Wildman–Crippen LogP) is 0.871. The lowest BCUT2D eigenvalue weighted by Gasteiger charge is -1.79. The maximum atomic E-state index is 9.60. The molecule has 36 valence electrons. The van der Waals surface area contributed by atoms with Crippen LogP contribution in [0.4, 0.5) is 0 Å². The SMILES string of the molecule is CC[13CH2][13C](=O)O. The maximum Gasteiger partial charge on any atom is 0.303 e. The van der Waals surface area contributed by atoms with Gasteiger partial charge in [0.1, 0.15) is 0 Å². The third-order valence-corrected chi connectivity index (χ3v) is 0.464. The molecule has 0 bridgehead atoms. The highest BCUT2D eigenvalue weighted by molar-refractivity contribution is 5.66. The fourth-order valence-corrected chi connectivity index (χ4v) is 0.214. The summed E-state index contributed by atoms with van der Waals surface area (Å²) in [7, 11) is 0. The van der Waals surface area contributed by atoms with Gasteiger partial charge in [-0.2, -0.15) is 0 Å². The summed E-state index contributed by atoms with van der Waals surface area (Å²) in [6.07, 6.45) is 1.02. The number of aliphatic carboxylic acids is 1. The molecule has 0 aliphatic rings. The minimum absolute atomic E-state index is 0.292. The second-order valence-corrected chi connectivity index (χ2v) is 1.14. The second-order valence-electron chi connectivity index (χ2n) is 1.14. The van der Waals surface area contributed by atoms with Crippen molar-refractivity contribution in [2.24, 2.45) is 0 Å². The van der Waals surface area contributed by atoms with E-state index >= 15 is 0 Å². The molecule has 0 aromatic rings. The Balaban J connectivity index is 2.83. The molecule has 0 aromatic heterocycles. The topological polar surface area (TPSA) is 37.3 Å². The van der Waals surface area contributed by atoms with Crippen molar-refractivity contribution in [2.75, 3.05) is 0 Å². The number of carboxylic acid groups (broad SMARTS) is 1. The molecule has 0 aliphatic heterocycles. The highest BCUT2D eigenvalue weighted by Gasteiger charge is 1.87. The predicted molar refractivity (Wildman–Crippen MR) is 22.5 cm³/mol. The van der Waals surface area contributed by atoms with E-state index in [-0.39, 0.29) is 0 Å². The summed E-state index contributed by atoms with van der Waals surface area (Å²) in [6, 6.07) is 0. The molecule has 2 nitrogen and oxygen atoms in total. The van der Waals surface area contributed by atoms with Gasteiger partial charge in [0.15, 0.2) is 0 Å². The first-order valence-corrected chi connectivity index (χ1v) is 1.99. The van der Waals surface area contributed by atoms with Crippen LogP contribution < -0.4 is 0 Å². The highest BCUT2D eigenvalue weighted by atomic mass is 16.5. The second kappa shape index (κ2) is 2.69. The Morgan fingerprint density at radius 3 is 2.33 bits per heavy atom. The minimum Gasteiger partial charge on any atom is -0.481 e. The van der Waals surface area contributed by atoms with Gasteiger partial charge >= 0.3 is 5.97 Å². The maximum absolute atomic E-state index is 9.60. The zero-order valence-corrected chi connectivity index (χ0v) is 3.77. The average molecular weight is 90.1 g/mol. The van der Waals surface area contributed by atoms with Gasteiger partial charge < -0.3 is 5.11 Å². The highest BCUT2D eigenvalue weighted by Crippen LogP contribution is 1.82. The normalized spacial score (nSPS) is 8.17. The third-order valence-electron chi connectivity index (χ3n) is 0.464. The van der Waals surface area contributed by atoms with Crippen LogP contribution in [-0.2, 0) is 4.79 Å². The van der Waals surface area contributed by atoms with Gasteiger partial charge in [-0.1, -0.05) is 6.92 Å². The van der Waals surface area contributed by atoms with E-state index in [2.05, 4.69) is 0 Å². The molecular weight excluding hydrogens is 82.0 g/mol. The summed E-state index contributed by atoms with van der Waals surface area (Å²) in [5, 5.41) is 7.91. The molecule has 2 heteroatoms. The zero-order valence-electron chi connectivity index (χ0n) is 3.77. The standard InChI is InChI=1S/C4H8O2/c1-2-3-4(5)6/h2-3H2,1H3,(H,5,6)/i3+1,4+1. The molecule has 0 atom stereocenters. The molecule has 0 radical (unpaired) electrons. The van der Waals surface area contributed by atoms with E-state index in [0.29, 0.717) is 6.42 Å². The Kier molecular flexibility index (Phi) is 2.46. The number of carboxylic acids is 1. The summed E-state index contributed by atoms with van der Waals surface area (Å²) in [5.41, 5.74) is 0. The fourth-order valence-electron chi connectivity index (χ4n) is 0.214. The molecule has 0 aliphatic carbocycles. The first-order valence-electron chi connectivity index (χ1n) is 1.99. The molecule has 0 unspecified atom stereocenters. The van der Waals surface area contributed by atoms with Crippen LogP contribution in [0, 0.1) is 0 Å². The van der Waals surface area contributed by atoms with E-state index in [4.69, 9.17) is 5.11 Å². The molecule has 6 heavy (non-hydrogen) atoms. The van der Waals surface area contributed by atoms with E-state index in [0.717, 1.165) is 6.42 Å². The molecular formula is C4H8O2. The lowest BCUT2D eigenvalue weighted by Crippen LogP contribution is -1.90. The van der Waals surface area contributed by atoms with Crippen molar-refractivity contribution < 1.29 is 9.90 Å². The number of hydrogen-bond acceptors (Lipinski definition) is 1. The van der Waals surface area contributed by atoms with Gasteiger partial charge in [-0.3, -0.25) is 4.79 Å². The lowest BCUT2D eigenvalue weighted by atomic mass is 10.7. The van der Waals surface area contributed by atoms with Gasteiger partial charge in [0.25, 0.3) is 0 Å². The van der Waals surface area contributed by atoms with Crippen LogP contribution in [0.1, 0.15) is 19.8 Å². The monoisotopic (exact) mass is 90.1 g/mol. The minimum atomic E-state index is -0.711. The number of hydrogen-bond donors (Lipinski definition) is 1. The van der Waals surface area contributed by atoms with Crippen molar-refractivity contribution >= 4 is 5.97 Å². The third kappa shape index (κ3) is 3.47. The number of carbonyl (C=O) groups is 1. The van der Waals surface area contributed by atoms with Crippen molar-refractivity contribution in [2.45, 2.75) is 19.8 Å². The van der Waals surface area contributed by atoms with Gasteiger partial charge in [-0.15, -0.1) is 0 Å². The number of rotatable bonds is 2. The van der Waals surface area contributed by atoms with Gasteiger partial charge in [0, 0.05) is 6.42 Å². The zero-order chi connectivity index (χ0) is 4.99. The van der Waals surface area contributed by atoms with Gasteiger partial charge in [0.2, 0.25) is 0 Å². The Bertz CT molecular complexity index is 49.5. The van der Waals surface area contributed by atoms with Crippen LogP contribution in [-0.4, -0.2) is 11.1 Å². The quantitative estimate of drug-likeness (QED) is 0.511. The molecule has 0 saturated carbocycles. The van der Waals surface area contributed by atoms with Crippen LogP contribution in [0.25, 0.3) is 0 Å². The molecule has 1 N–H and O–H groups in total. The van der Waals surface area contributed by atoms with Gasteiger partial charge in [0.05, 0.1) is 0 Å². The Morgan fingerprint density at radius 1 is 1.83 bits per heavy atom. The van der Waals surface area contributed by atoms with E-state index in [1.807, 2.05) is 6.92 Å². The Morgan fingerprint density at radius 2 is 2.33 bits per heavy atom. The first-order chi connectivity index (χ1) is 2.77. The molecule has 0 amide bonds. The van der Waals surface area contributed by atoms with Crippen molar-refractivity contribution in [1.82, 2.24) is 0 Å². The summed E-state index contributed by atoms with van der Waals surface area (Å²) >= 11 is 0. The van der Waals surface area contributed by atoms with Gasteiger partial charge in [-0.05, 0) is 6.42 Å². The smallest absolute Gasteiger partial charge is 0.303 e. The van der Waals surface area contributed by atoms with Crippen LogP contribution in [0.5, 0.6) is 0 Å². The average Bonchev–Trinajstić information content (AvgIpc) is 1.35. The van der Waals surface area contributed by atoms with E-state index in [9.17, 15) is 4.79 Å². The summed E-state index contributed by atoms with van der Waals surface area (Å²) in [4.78, 5) is 9.60. The molecule has 0 heterocycles. The summed E-state index contributed by atoms with van der Waals surface area (Å²) in [6.45, 7) is 1.84. The molecule has 0 fully saturated rings. The first kappa shape index (κ1) is 5.47.